The minimum Gasteiger partial charge on any atom is -0.478 e. The first-order valence-corrected chi connectivity index (χ1v) is 12.6. The second kappa shape index (κ2) is 10.4. The van der Waals surface area contributed by atoms with E-state index in [4.69, 9.17) is 14.5 Å². The first-order valence-electron chi connectivity index (χ1n) is 11.0. The topological polar surface area (TPSA) is 83.1 Å². The second-order valence-corrected chi connectivity index (χ2v) is 9.87. The Balaban J connectivity index is 1.45. The number of amidine groups is 1. The van der Waals surface area contributed by atoms with Crippen LogP contribution in [-0.4, -0.2) is 27.1 Å². The summed E-state index contributed by atoms with van der Waals surface area (Å²) < 4.78 is 6.95. The van der Waals surface area contributed by atoms with E-state index in [2.05, 4.69) is 15.9 Å². The lowest BCUT2D eigenvalue weighted by Gasteiger charge is -2.16. The minimum atomic E-state index is -0.994. The van der Waals surface area contributed by atoms with Crippen LogP contribution in [0.15, 0.2) is 110 Å². The molecule has 5 rings (SSSR count). The molecule has 3 aromatic carbocycles. The normalized spacial score (nSPS) is 15.7. The number of aliphatic imine (C=N–C) groups is 1. The molecule has 0 aliphatic carbocycles. The maximum absolute atomic E-state index is 13.4. The number of carbonyl (C=O) groups is 2. The number of thioether (sulfide) groups is 1. The third kappa shape index (κ3) is 5.35. The number of aromatic carboxylic acids is 1. The summed E-state index contributed by atoms with van der Waals surface area (Å²) in [5.74, 6) is 0.0728. The van der Waals surface area contributed by atoms with Crippen molar-refractivity contribution >= 4 is 56.5 Å². The highest BCUT2D eigenvalue weighted by atomic mass is 79.9. The van der Waals surface area contributed by atoms with Gasteiger partial charge in [-0.15, -0.1) is 0 Å². The predicted molar refractivity (Wildman–Crippen MR) is 145 cm³/mol. The molecule has 1 aliphatic rings. The summed E-state index contributed by atoms with van der Waals surface area (Å²) in [7, 11) is 0. The Labute approximate surface area is 220 Å². The van der Waals surface area contributed by atoms with Gasteiger partial charge in [0.1, 0.15) is 11.5 Å². The van der Waals surface area contributed by atoms with Crippen molar-refractivity contribution in [3.63, 3.8) is 0 Å². The maximum Gasteiger partial charge on any atom is 0.335 e. The number of hydrogen-bond donors (Lipinski definition) is 1. The van der Waals surface area contributed by atoms with Gasteiger partial charge in [-0.3, -0.25) is 9.69 Å². The fourth-order valence-corrected chi connectivity index (χ4v) is 5.01. The van der Waals surface area contributed by atoms with Gasteiger partial charge in [0.2, 0.25) is 0 Å². The van der Waals surface area contributed by atoms with Crippen LogP contribution in [0.4, 0.5) is 5.69 Å². The van der Waals surface area contributed by atoms with Crippen molar-refractivity contribution in [2.45, 2.75) is 6.54 Å². The number of rotatable bonds is 6. The molecule has 0 saturated carbocycles. The van der Waals surface area contributed by atoms with Crippen LogP contribution in [0.5, 0.6) is 0 Å². The van der Waals surface area contributed by atoms with Gasteiger partial charge in [-0.2, -0.15) is 0 Å². The lowest BCUT2D eigenvalue weighted by Crippen LogP contribution is -2.28. The summed E-state index contributed by atoms with van der Waals surface area (Å²) in [6.07, 6.45) is 1.72. The predicted octanol–water partition coefficient (Wildman–Crippen LogP) is 7.21. The number of para-hydroxylation sites is 1. The van der Waals surface area contributed by atoms with E-state index in [1.54, 1.807) is 23.1 Å². The average molecular weight is 559 g/mol. The molecular weight excluding hydrogens is 540 g/mol. The Kier molecular flexibility index (Phi) is 6.88. The zero-order valence-electron chi connectivity index (χ0n) is 18.8. The molecule has 6 nitrogen and oxygen atoms in total. The van der Waals surface area contributed by atoms with E-state index >= 15 is 0 Å². The first kappa shape index (κ1) is 23.8. The molecule has 178 valence electrons. The lowest BCUT2D eigenvalue weighted by molar-refractivity contribution is -0.122. The van der Waals surface area contributed by atoms with E-state index in [9.17, 15) is 9.59 Å². The van der Waals surface area contributed by atoms with Gasteiger partial charge < -0.3 is 9.52 Å². The number of amides is 1. The molecule has 4 aromatic rings. The minimum absolute atomic E-state index is 0.193. The number of furan rings is 1. The van der Waals surface area contributed by atoms with Gasteiger partial charge in [-0.05, 0) is 65.9 Å². The smallest absolute Gasteiger partial charge is 0.335 e. The van der Waals surface area contributed by atoms with Gasteiger partial charge >= 0.3 is 5.97 Å². The Bertz CT molecular complexity index is 1490. The molecule has 1 N–H and O–H groups in total. The van der Waals surface area contributed by atoms with Gasteiger partial charge in [0.05, 0.1) is 22.7 Å². The third-order valence-electron chi connectivity index (χ3n) is 5.42. The van der Waals surface area contributed by atoms with E-state index < -0.39 is 5.97 Å². The standard InChI is InChI=1S/C28H19BrN2O4S/c29-21-6-4-5-20(15-21)24-14-13-23(35-24)16-25-26(32)31(17-18-9-11-19(12-10-18)27(33)34)28(36-25)30-22-7-2-1-3-8-22/h1-16H,17H2,(H,33,34)/b25-16-,30-28?. The van der Waals surface area contributed by atoms with E-state index in [1.807, 2.05) is 66.7 Å². The fraction of sp³-hybridized carbons (Fsp3) is 0.0357. The summed E-state index contributed by atoms with van der Waals surface area (Å²) in [5.41, 5.74) is 2.65. The molecule has 0 spiro atoms. The lowest BCUT2D eigenvalue weighted by atomic mass is 10.1. The Hall–Kier alpha value is -3.88. The highest BCUT2D eigenvalue weighted by molar-refractivity contribution is 9.10. The highest BCUT2D eigenvalue weighted by Crippen LogP contribution is 2.36. The zero-order chi connectivity index (χ0) is 25.1. The number of hydrogen-bond acceptors (Lipinski definition) is 5. The number of nitrogens with zero attached hydrogens (tertiary/aromatic N) is 2. The van der Waals surface area contributed by atoms with Crippen LogP contribution in [0, 0.1) is 0 Å². The van der Waals surface area contributed by atoms with Crippen LogP contribution in [-0.2, 0) is 11.3 Å². The zero-order valence-corrected chi connectivity index (χ0v) is 21.2. The molecule has 1 aromatic heterocycles. The van der Waals surface area contributed by atoms with Crippen molar-refractivity contribution in [3.05, 3.63) is 117 Å². The summed E-state index contributed by atoms with van der Waals surface area (Å²) in [6.45, 7) is 0.260. The number of benzene rings is 3. The third-order valence-corrected chi connectivity index (χ3v) is 6.92. The summed E-state index contributed by atoms with van der Waals surface area (Å²) in [6, 6.07) is 27.4. The van der Waals surface area contributed by atoms with E-state index in [0.29, 0.717) is 21.6 Å². The van der Waals surface area contributed by atoms with Gasteiger partial charge in [-0.1, -0.05) is 58.4 Å². The van der Waals surface area contributed by atoms with Crippen LogP contribution in [0.25, 0.3) is 17.4 Å². The van der Waals surface area contributed by atoms with Gasteiger partial charge in [0, 0.05) is 16.1 Å². The fourth-order valence-electron chi connectivity index (χ4n) is 3.64. The molecular formula is C28H19BrN2O4S. The molecule has 8 heteroatoms. The van der Waals surface area contributed by atoms with Crippen molar-refractivity contribution in [3.8, 4) is 11.3 Å². The first-order chi connectivity index (χ1) is 17.5. The SMILES string of the molecule is O=C(O)c1ccc(CN2C(=O)/C(=C/c3ccc(-c4cccc(Br)c4)o3)SC2=Nc2ccccc2)cc1. The molecule has 0 bridgehead atoms. The molecule has 1 fully saturated rings. The van der Waals surface area contributed by atoms with Gasteiger partial charge in [-0.25, -0.2) is 9.79 Å². The molecule has 1 saturated heterocycles. The van der Waals surface area contributed by atoms with Gasteiger partial charge in [0.25, 0.3) is 5.91 Å². The van der Waals surface area contributed by atoms with Crippen LogP contribution in [0.1, 0.15) is 21.7 Å². The van der Waals surface area contributed by atoms with Crippen molar-refractivity contribution in [2.24, 2.45) is 4.99 Å². The van der Waals surface area contributed by atoms with Crippen LogP contribution >= 0.6 is 27.7 Å². The molecule has 0 atom stereocenters. The molecule has 0 unspecified atom stereocenters. The summed E-state index contributed by atoms with van der Waals surface area (Å²) in [5, 5.41) is 9.71. The van der Waals surface area contributed by atoms with Crippen LogP contribution in [0.2, 0.25) is 0 Å². The Morgan fingerprint density at radius 2 is 1.78 bits per heavy atom. The second-order valence-electron chi connectivity index (χ2n) is 7.95. The quantitative estimate of drug-likeness (QED) is 0.253. The van der Waals surface area contributed by atoms with Gasteiger partial charge in [0.15, 0.2) is 5.17 Å². The molecule has 2 heterocycles. The van der Waals surface area contributed by atoms with Crippen molar-refractivity contribution in [1.29, 1.82) is 0 Å². The molecule has 1 amide bonds. The monoisotopic (exact) mass is 558 g/mol. The molecule has 36 heavy (non-hydrogen) atoms. The van der Waals surface area contributed by atoms with Crippen LogP contribution < -0.4 is 0 Å². The number of halogens is 1. The average Bonchev–Trinajstić information content (AvgIpc) is 3.46. The highest BCUT2D eigenvalue weighted by Gasteiger charge is 2.34. The van der Waals surface area contributed by atoms with E-state index in [-0.39, 0.29) is 18.0 Å². The maximum atomic E-state index is 13.4. The van der Waals surface area contributed by atoms with Crippen molar-refractivity contribution in [1.82, 2.24) is 4.90 Å². The Morgan fingerprint density at radius 3 is 2.50 bits per heavy atom. The Morgan fingerprint density at radius 1 is 1.00 bits per heavy atom. The van der Waals surface area contributed by atoms with Crippen LogP contribution in [0.3, 0.4) is 0 Å². The molecule has 0 radical (unpaired) electrons. The largest absolute Gasteiger partial charge is 0.478 e. The van der Waals surface area contributed by atoms with E-state index in [0.717, 1.165) is 21.3 Å². The number of carboxylic acid groups (broad SMARTS) is 1. The van der Waals surface area contributed by atoms with Crippen molar-refractivity contribution < 1.29 is 19.1 Å². The molecule has 1 aliphatic heterocycles. The number of carboxylic acids is 1. The van der Waals surface area contributed by atoms with E-state index in [1.165, 1.54) is 23.9 Å². The van der Waals surface area contributed by atoms with Crippen molar-refractivity contribution in [2.75, 3.05) is 0 Å². The summed E-state index contributed by atoms with van der Waals surface area (Å²) in [4.78, 5) is 31.4. The summed E-state index contributed by atoms with van der Waals surface area (Å²) >= 11 is 4.75. The number of carbonyl (C=O) groups excluding carboxylic acids is 1.